The molecule has 0 aromatic heterocycles. The second kappa shape index (κ2) is 5.57. The van der Waals surface area contributed by atoms with E-state index in [1.54, 1.807) is 0 Å². The van der Waals surface area contributed by atoms with E-state index in [2.05, 4.69) is 6.92 Å². The standard InChI is InChI=1S/C14H24OS/c1-14(9-6-10-16-14)13(15)11-12-7-4-2-3-5-8-12/h12H,2-11H2,1H3. The minimum absolute atomic E-state index is 0.0215. The lowest BCUT2D eigenvalue weighted by Gasteiger charge is -2.23. The third kappa shape index (κ3) is 3.03. The fourth-order valence-corrected chi connectivity index (χ4v) is 4.32. The van der Waals surface area contributed by atoms with Crippen molar-refractivity contribution in [2.75, 3.05) is 5.75 Å². The van der Waals surface area contributed by atoms with Crippen molar-refractivity contribution in [2.45, 2.75) is 69.5 Å². The van der Waals surface area contributed by atoms with E-state index < -0.39 is 0 Å². The minimum Gasteiger partial charge on any atom is -0.298 e. The maximum atomic E-state index is 12.3. The largest absolute Gasteiger partial charge is 0.298 e. The van der Waals surface area contributed by atoms with E-state index in [9.17, 15) is 4.79 Å². The Morgan fingerprint density at radius 1 is 1.19 bits per heavy atom. The van der Waals surface area contributed by atoms with Crippen LogP contribution >= 0.6 is 11.8 Å². The first-order valence-corrected chi connectivity index (χ1v) is 7.86. The Morgan fingerprint density at radius 3 is 2.44 bits per heavy atom. The first-order chi connectivity index (χ1) is 7.71. The highest BCUT2D eigenvalue weighted by Crippen LogP contribution is 2.40. The molecule has 2 rings (SSSR count). The van der Waals surface area contributed by atoms with Crippen LogP contribution in [0.5, 0.6) is 0 Å². The predicted octanol–water partition coefficient (Wildman–Crippen LogP) is 4.20. The van der Waals surface area contributed by atoms with Crippen molar-refractivity contribution in [3.63, 3.8) is 0 Å². The summed E-state index contributed by atoms with van der Waals surface area (Å²) in [5.74, 6) is 2.43. The summed E-state index contributed by atoms with van der Waals surface area (Å²) >= 11 is 1.90. The number of hydrogen-bond acceptors (Lipinski definition) is 2. The van der Waals surface area contributed by atoms with Gasteiger partial charge in [0.2, 0.25) is 0 Å². The molecule has 1 saturated heterocycles. The summed E-state index contributed by atoms with van der Waals surface area (Å²) in [6.45, 7) is 2.17. The van der Waals surface area contributed by atoms with E-state index in [0.717, 1.165) is 12.8 Å². The molecule has 0 radical (unpaired) electrons. The third-order valence-corrected chi connectivity index (χ3v) is 5.82. The van der Waals surface area contributed by atoms with Crippen molar-refractivity contribution in [2.24, 2.45) is 5.92 Å². The normalized spacial score (nSPS) is 32.6. The number of ketones is 1. The van der Waals surface area contributed by atoms with Crippen molar-refractivity contribution >= 4 is 17.5 Å². The van der Waals surface area contributed by atoms with Crippen molar-refractivity contribution in [3.8, 4) is 0 Å². The molecule has 1 unspecified atom stereocenters. The van der Waals surface area contributed by atoms with Crippen LogP contribution in [0.1, 0.15) is 64.7 Å². The molecule has 0 spiro atoms. The van der Waals surface area contributed by atoms with Crippen LogP contribution in [0.2, 0.25) is 0 Å². The summed E-state index contributed by atoms with van der Waals surface area (Å²) in [4.78, 5) is 12.3. The highest BCUT2D eigenvalue weighted by molar-refractivity contribution is 8.01. The fraction of sp³-hybridized carbons (Fsp3) is 0.929. The van der Waals surface area contributed by atoms with Crippen LogP contribution in [0.25, 0.3) is 0 Å². The fourth-order valence-electron chi connectivity index (χ4n) is 3.05. The van der Waals surface area contributed by atoms with Gasteiger partial charge in [0.25, 0.3) is 0 Å². The van der Waals surface area contributed by atoms with Crippen LogP contribution in [0.3, 0.4) is 0 Å². The second-order valence-electron chi connectivity index (χ2n) is 5.67. The number of thioether (sulfide) groups is 1. The van der Waals surface area contributed by atoms with Gasteiger partial charge in [0.05, 0.1) is 4.75 Å². The van der Waals surface area contributed by atoms with Gasteiger partial charge < -0.3 is 0 Å². The molecule has 1 nitrogen and oxygen atoms in total. The number of rotatable bonds is 3. The predicted molar refractivity (Wildman–Crippen MR) is 70.9 cm³/mol. The first-order valence-electron chi connectivity index (χ1n) is 6.88. The summed E-state index contributed by atoms with van der Waals surface area (Å²) in [6.07, 6.45) is 11.3. The van der Waals surface area contributed by atoms with Gasteiger partial charge >= 0.3 is 0 Å². The lowest BCUT2D eigenvalue weighted by molar-refractivity contribution is -0.122. The molecule has 0 N–H and O–H groups in total. The van der Waals surface area contributed by atoms with Gasteiger partial charge in [0.1, 0.15) is 5.78 Å². The Balaban J connectivity index is 1.85. The Hall–Kier alpha value is 0.0200. The molecule has 1 aliphatic heterocycles. The topological polar surface area (TPSA) is 17.1 Å². The SMILES string of the molecule is CC1(C(=O)CC2CCCCCC2)CCCS1. The Labute approximate surface area is 104 Å². The van der Waals surface area contributed by atoms with E-state index in [1.165, 1.54) is 50.7 Å². The lowest BCUT2D eigenvalue weighted by Crippen LogP contribution is -2.30. The molecule has 92 valence electrons. The molecule has 1 atom stereocenters. The van der Waals surface area contributed by atoms with Crippen LogP contribution in [-0.2, 0) is 4.79 Å². The molecule has 2 fully saturated rings. The number of carbonyl (C=O) groups excluding carboxylic acids is 1. The van der Waals surface area contributed by atoms with Gasteiger partial charge in [-0.05, 0) is 31.4 Å². The van der Waals surface area contributed by atoms with Crippen LogP contribution in [0, 0.1) is 5.92 Å². The van der Waals surface area contributed by atoms with Gasteiger partial charge in [-0.3, -0.25) is 4.79 Å². The van der Waals surface area contributed by atoms with Gasteiger partial charge in [-0.1, -0.05) is 38.5 Å². The monoisotopic (exact) mass is 240 g/mol. The Kier molecular flexibility index (Phi) is 4.34. The molecule has 0 aromatic carbocycles. The van der Waals surface area contributed by atoms with E-state index in [4.69, 9.17) is 0 Å². The second-order valence-corrected chi connectivity index (χ2v) is 7.27. The maximum Gasteiger partial charge on any atom is 0.148 e. The summed E-state index contributed by atoms with van der Waals surface area (Å²) in [5.41, 5.74) is 0. The zero-order chi connectivity index (χ0) is 11.4. The maximum absolute atomic E-state index is 12.3. The number of hydrogen-bond donors (Lipinski definition) is 0. The zero-order valence-corrected chi connectivity index (χ0v) is 11.3. The third-order valence-electron chi connectivity index (χ3n) is 4.26. The smallest absolute Gasteiger partial charge is 0.148 e. The summed E-state index contributed by atoms with van der Waals surface area (Å²) in [5, 5.41) is 0. The van der Waals surface area contributed by atoms with Crippen molar-refractivity contribution in [1.29, 1.82) is 0 Å². The average molecular weight is 240 g/mol. The first kappa shape index (κ1) is 12.5. The Morgan fingerprint density at radius 2 is 1.88 bits per heavy atom. The molecule has 0 aromatic rings. The van der Waals surface area contributed by atoms with Gasteiger partial charge in [0, 0.05) is 6.42 Å². The van der Waals surface area contributed by atoms with E-state index >= 15 is 0 Å². The highest BCUT2D eigenvalue weighted by atomic mass is 32.2. The lowest BCUT2D eigenvalue weighted by atomic mass is 9.88. The summed E-state index contributed by atoms with van der Waals surface area (Å²) in [7, 11) is 0. The van der Waals surface area contributed by atoms with Crippen LogP contribution < -0.4 is 0 Å². The van der Waals surface area contributed by atoms with Crippen LogP contribution in [-0.4, -0.2) is 16.3 Å². The molecule has 0 bridgehead atoms. The minimum atomic E-state index is -0.0215. The molecular formula is C14H24OS. The van der Waals surface area contributed by atoms with Crippen molar-refractivity contribution < 1.29 is 4.79 Å². The van der Waals surface area contributed by atoms with E-state index in [0.29, 0.717) is 11.7 Å². The zero-order valence-electron chi connectivity index (χ0n) is 10.5. The quantitative estimate of drug-likeness (QED) is 0.688. The molecule has 2 aliphatic rings. The molecule has 1 saturated carbocycles. The van der Waals surface area contributed by atoms with Crippen LogP contribution in [0.15, 0.2) is 0 Å². The summed E-state index contributed by atoms with van der Waals surface area (Å²) < 4.78 is -0.0215. The molecular weight excluding hydrogens is 216 g/mol. The van der Waals surface area contributed by atoms with Crippen molar-refractivity contribution in [3.05, 3.63) is 0 Å². The molecule has 1 heterocycles. The van der Waals surface area contributed by atoms with Gasteiger partial charge in [-0.25, -0.2) is 0 Å². The molecule has 2 heteroatoms. The molecule has 0 amide bonds. The van der Waals surface area contributed by atoms with E-state index in [-0.39, 0.29) is 4.75 Å². The number of carbonyl (C=O) groups is 1. The number of Topliss-reactive ketones (excluding diaryl/α,β-unsaturated/α-hetero) is 1. The Bertz CT molecular complexity index is 235. The molecule has 16 heavy (non-hydrogen) atoms. The van der Waals surface area contributed by atoms with Crippen molar-refractivity contribution in [1.82, 2.24) is 0 Å². The highest BCUT2D eigenvalue weighted by Gasteiger charge is 2.37. The van der Waals surface area contributed by atoms with Gasteiger partial charge in [-0.15, -0.1) is 11.8 Å². The van der Waals surface area contributed by atoms with Crippen LogP contribution in [0.4, 0.5) is 0 Å². The van der Waals surface area contributed by atoms with Gasteiger partial charge in [-0.2, -0.15) is 0 Å². The average Bonchev–Trinajstić information content (AvgIpc) is 2.56. The van der Waals surface area contributed by atoms with E-state index in [1.807, 2.05) is 11.8 Å². The summed E-state index contributed by atoms with van der Waals surface area (Å²) in [6, 6.07) is 0. The van der Waals surface area contributed by atoms with Gasteiger partial charge in [0.15, 0.2) is 0 Å². The molecule has 1 aliphatic carbocycles.